The molecule has 1 atom stereocenters. The molecule has 0 aliphatic heterocycles. The van der Waals surface area contributed by atoms with Gasteiger partial charge in [0.1, 0.15) is 0 Å². The largest absolute Gasteiger partial charge is 0.359 e. The highest BCUT2D eigenvalue weighted by Gasteiger charge is 1.99. The molecule has 0 aromatic carbocycles. The van der Waals surface area contributed by atoms with E-state index in [4.69, 9.17) is 5.73 Å². The van der Waals surface area contributed by atoms with E-state index in [-0.39, 0.29) is 24.4 Å². The van der Waals surface area contributed by atoms with E-state index in [1.165, 1.54) is 0 Å². The molecule has 56 valence electrons. The van der Waals surface area contributed by atoms with Gasteiger partial charge in [-0.05, 0) is 6.92 Å². The van der Waals surface area contributed by atoms with Crippen molar-refractivity contribution < 1.29 is 4.79 Å². The quantitative estimate of drug-likeness (QED) is 0.580. The monoisotopic (exact) mass is 152 g/mol. The molecule has 0 aromatic heterocycles. The van der Waals surface area contributed by atoms with E-state index in [1.54, 1.807) is 14.0 Å². The van der Waals surface area contributed by atoms with E-state index >= 15 is 0 Å². The van der Waals surface area contributed by atoms with Gasteiger partial charge in [0.15, 0.2) is 0 Å². The fourth-order valence-corrected chi connectivity index (χ4v) is 0.394. The molecule has 0 spiro atoms. The van der Waals surface area contributed by atoms with Crippen molar-refractivity contribution in [1.82, 2.24) is 5.32 Å². The van der Waals surface area contributed by atoms with Crippen molar-refractivity contribution in [3.05, 3.63) is 0 Å². The summed E-state index contributed by atoms with van der Waals surface area (Å²) >= 11 is 0. The molecular weight excluding hydrogens is 140 g/mol. The highest BCUT2D eigenvalue weighted by molar-refractivity contribution is 5.85. The first-order chi connectivity index (χ1) is 3.66. The van der Waals surface area contributed by atoms with E-state index in [2.05, 4.69) is 5.32 Å². The van der Waals surface area contributed by atoms with Crippen molar-refractivity contribution >= 4 is 18.3 Å². The van der Waals surface area contributed by atoms with Gasteiger partial charge in [-0.15, -0.1) is 12.4 Å². The average Bonchev–Trinajstić information content (AvgIpc) is 1.65. The van der Waals surface area contributed by atoms with Gasteiger partial charge in [-0.25, -0.2) is 0 Å². The highest BCUT2D eigenvalue weighted by Crippen LogP contribution is 1.82. The standard InChI is InChI=1S/C5H12N2O.ClH/c1-4(6)3-5(8)7-2;/h4H,3,6H2,1-2H3,(H,7,8);1H/t4-;/m1./s1. The molecule has 0 aromatic rings. The van der Waals surface area contributed by atoms with Crippen LogP contribution in [-0.2, 0) is 4.79 Å². The first-order valence-electron chi connectivity index (χ1n) is 2.63. The van der Waals surface area contributed by atoms with Gasteiger partial charge in [0.05, 0.1) is 0 Å². The Morgan fingerprint density at radius 3 is 2.33 bits per heavy atom. The lowest BCUT2D eigenvalue weighted by atomic mass is 10.2. The molecular formula is C5H13ClN2O. The van der Waals surface area contributed by atoms with E-state index in [0.29, 0.717) is 6.42 Å². The van der Waals surface area contributed by atoms with Crippen LogP contribution in [0.3, 0.4) is 0 Å². The highest BCUT2D eigenvalue weighted by atomic mass is 35.5. The van der Waals surface area contributed by atoms with Gasteiger partial charge in [0, 0.05) is 19.5 Å². The van der Waals surface area contributed by atoms with Gasteiger partial charge in [-0.1, -0.05) is 0 Å². The zero-order valence-corrected chi connectivity index (χ0v) is 6.49. The molecule has 0 rings (SSSR count). The van der Waals surface area contributed by atoms with Crippen molar-refractivity contribution in [2.75, 3.05) is 7.05 Å². The summed E-state index contributed by atoms with van der Waals surface area (Å²) in [6, 6.07) is -0.0325. The van der Waals surface area contributed by atoms with Gasteiger partial charge in [0.2, 0.25) is 5.91 Å². The van der Waals surface area contributed by atoms with Gasteiger partial charge >= 0.3 is 0 Å². The topological polar surface area (TPSA) is 55.1 Å². The summed E-state index contributed by atoms with van der Waals surface area (Å²) in [6.07, 6.45) is 0.413. The van der Waals surface area contributed by atoms with Gasteiger partial charge in [-0.2, -0.15) is 0 Å². The molecule has 3 nitrogen and oxygen atoms in total. The van der Waals surface area contributed by atoms with Crippen LogP contribution < -0.4 is 11.1 Å². The summed E-state index contributed by atoms with van der Waals surface area (Å²) in [5.41, 5.74) is 5.31. The third-order valence-electron chi connectivity index (χ3n) is 0.786. The van der Waals surface area contributed by atoms with Crippen molar-refractivity contribution in [1.29, 1.82) is 0 Å². The molecule has 3 N–H and O–H groups in total. The van der Waals surface area contributed by atoms with E-state index in [1.807, 2.05) is 0 Å². The lowest BCUT2D eigenvalue weighted by Gasteiger charge is -2.00. The summed E-state index contributed by atoms with van der Waals surface area (Å²) in [5, 5.41) is 2.48. The minimum atomic E-state index is -0.0325. The first-order valence-corrected chi connectivity index (χ1v) is 2.63. The fourth-order valence-electron chi connectivity index (χ4n) is 0.394. The van der Waals surface area contributed by atoms with Crippen molar-refractivity contribution in [3.8, 4) is 0 Å². The third kappa shape index (κ3) is 7.72. The number of rotatable bonds is 2. The second-order valence-electron chi connectivity index (χ2n) is 1.85. The number of hydrogen-bond donors (Lipinski definition) is 2. The predicted octanol–water partition coefficient (Wildman–Crippen LogP) is -0.108. The summed E-state index contributed by atoms with van der Waals surface area (Å²) in [5.74, 6) is 0.000000000000000222. The molecule has 1 amide bonds. The fraction of sp³-hybridized carbons (Fsp3) is 0.800. The maximum absolute atomic E-state index is 10.4. The zero-order chi connectivity index (χ0) is 6.57. The van der Waals surface area contributed by atoms with Crippen LogP contribution >= 0.6 is 12.4 Å². The predicted molar refractivity (Wildman–Crippen MR) is 39.6 cm³/mol. The average molecular weight is 153 g/mol. The first kappa shape index (κ1) is 11.5. The Morgan fingerprint density at radius 1 is 1.78 bits per heavy atom. The molecule has 0 aliphatic carbocycles. The number of hydrogen-bond acceptors (Lipinski definition) is 2. The van der Waals surface area contributed by atoms with Crippen molar-refractivity contribution in [3.63, 3.8) is 0 Å². The van der Waals surface area contributed by atoms with Crippen LogP contribution in [0.1, 0.15) is 13.3 Å². The molecule has 0 unspecified atom stereocenters. The van der Waals surface area contributed by atoms with Crippen LogP contribution in [-0.4, -0.2) is 19.0 Å². The van der Waals surface area contributed by atoms with Gasteiger partial charge in [0.25, 0.3) is 0 Å². The maximum atomic E-state index is 10.4. The number of nitrogens with one attached hydrogen (secondary N) is 1. The normalized spacial score (nSPS) is 11.4. The minimum Gasteiger partial charge on any atom is -0.359 e. The van der Waals surface area contributed by atoms with Crippen LogP contribution in [0.2, 0.25) is 0 Å². The third-order valence-corrected chi connectivity index (χ3v) is 0.786. The van der Waals surface area contributed by atoms with Gasteiger partial charge < -0.3 is 11.1 Å². The Bertz CT molecular complexity index is 85.0. The van der Waals surface area contributed by atoms with Crippen LogP contribution in [0, 0.1) is 0 Å². The van der Waals surface area contributed by atoms with Crippen LogP contribution in [0.15, 0.2) is 0 Å². The van der Waals surface area contributed by atoms with E-state index in [9.17, 15) is 4.79 Å². The smallest absolute Gasteiger partial charge is 0.221 e. The zero-order valence-electron chi connectivity index (χ0n) is 5.68. The molecule has 0 aliphatic rings. The Morgan fingerprint density at radius 2 is 2.22 bits per heavy atom. The number of amides is 1. The molecule has 0 bridgehead atoms. The molecule has 0 radical (unpaired) electrons. The van der Waals surface area contributed by atoms with Crippen molar-refractivity contribution in [2.45, 2.75) is 19.4 Å². The lowest BCUT2D eigenvalue weighted by Crippen LogP contribution is -2.26. The van der Waals surface area contributed by atoms with Crippen LogP contribution in [0.25, 0.3) is 0 Å². The number of carbonyl (C=O) groups excluding carboxylic acids is 1. The molecule has 0 heterocycles. The van der Waals surface area contributed by atoms with Gasteiger partial charge in [-0.3, -0.25) is 4.79 Å². The number of carbonyl (C=O) groups is 1. The molecule has 0 saturated carbocycles. The Kier molecular flexibility index (Phi) is 7.48. The molecule has 0 saturated heterocycles. The number of halogens is 1. The van der Waals surface area contributed by atoms with Crippen molar-refractivity contribution in [2.24, 2.45) is 5.73 Å². The van der Waals surface area contributed by atoms with E-state index in [0.717, 1.165) is 0 Å². The van der Waals surface area contributed by atoms with Crippen LogP contribution in [0.4, 0.5) is 0 Å². The Labute approximate surface area is 61.4 Å². The second-order valence-corrected chi connectivity index (χ2v) is 1.85. The second kappa shape index (κ2) is 5.85. The Hall–Kier alpha value is -0.280. The maximum Gasteiger partial charge on any atom is 0.221 e. The van der Waals surface area contributed by atoms with E-state index < -0.39 is 0 Å². The summed E-state index contributed by atoms with van der Waals surface area (Å²) in [4.78, 5) is 10.4. The minimum absolute atomic E-state index is 0. The summed E-state index contributed by atoms with van der Waals surface area (Å²) < 4.78 is 0. The lowest BCUT2D eigenvalue weighted by molar-refractivity contribution is -0.120. The molecule has 0 fully saturated rings. The Balaban J connectivity index is 0. The summed E-state index contributed by atoms with van der Waals surface area (Å²) in [6.45, 7) is 1.80. The van der Waals surface area contributed by atoms with Crippen LogP contribution in [0.5, 0.6) is 0 Å². The molecule has 9 heavy (non-hydrogen) atoms. The number of nitrogens with two attached hydrogens (primary N) is 1. The summed E-state index contributed by atoms with van der Waals surface area (Å²) in [7, 11) is 1.60. The molecule has 4 heteroatoms. The SMILES string of the molecule is CNC(=O)C[C@@H](C)N.Cl.